The highest BCUT2D eigenvalue weighted by molar-refractivity contribution is 6.33. The first-order valence-electron chi connectivity index (χ1n) is 13.0. The van der Waals surface area contributed by atoms with E-state index in [1.807, 2.05) is 32.0 Å². The van der Waals surface area contributed by atoms with Gasteiger partial charge in [0, 0.05) is 12.1 Å². The molecule has 2 bridgehead atoms. The fourth-order valence-electron chi connectivity index (χ4n) is 5.98. The molecule has 0 radical (unpaired) electrons. The number of benzene rings is 2. The number of piperidine rings is 3. The first-order valence-corrected chi connectivity index (χ1v) is 13.4. The Hall–Kier alpha value is -2.24. The molecule has 188 valence electrons. The molecular weight excluding hydrogens is 460 g/mol. The van der Waals surface area contributed by atoms with Crippen LogP contribution in [-0.4, -0.2) is 42.8 Å². The van der Waals surface area contributed by atoms with Crippen LogP contribution >= 0.6 is 11.6 Å². The highest BCUT2D eigenvalue weighted by Gasteiger charge is 2.40. The molecule has 3 fully saturated rings. The van der Waals surface area contributed by atoms with E-state index in [4.69, 9.17) is 21.1 Å². The van der Waals surface area contributed by atoms with Crippen LogP contribution in [0.4, 0.5) is 4.79 Å². The Morgan fingerprint density at radius 1 is 1.14 bits per heavy atom. The predicted molar refractivity (Wildman–Crippen MR) is 140 cm³/mol. The summed E-state index contributed by atoms with van der Waals surface area (Å²) < 4.78 is 11.7. The second kappa shape index (κ2) is 9.67. The van der Waals surface area contributed by atoms with Crippen LogP contribution in [0.15, 0.2) is 36.4 Å². The summed E-state index contributed by atoms with van der Waals surface area (Å²) in [7, 11) is 0. The third-order valence-electron chi connectivity index (χ3n) is 8.01. The minimum absolute atomic E-state index is 0.0100. The number of hydrogen-bond donors (Lipinski definition) is 1. The van der Waals surface area contributed by atoms with Gasteiger partial charge in [0.25, 0.3) is 0 Å². The molecule has 0 spiro atoms. The van der Waals surface area contributed by atoms with Crippen molar-refractivity contribution < 1.29 is 14.3 Å². The molecule has 1 aliphatic carbocycles. The number of nitrogens with one attached hydrogen (secondary N) is 1. The van der Waals surface area contributed by atoms with Gasteiger partial charge >= 0.3 is 6.09 Å². The number of hydrogen-bond acceptors (Lipinski definition) is 4. The van der Waals surface area contributed by atoms with Gasteiger partial charge in [0.05, 0.1) is 17.2 Å². The normalized spacial score (nSPS) is 26.8. The molecule has 3 heterocycles. The van der Waals surface area contributed by atoms with Crippen LogP contribution in [0.1, 0.15) is 64.1 Å². The van der Waals surface area contributed by atoms with Crippen molar-refractivity contribution in [2.45, 2.75) is 71.6 Å². The maximum atomic E-state index is 13.0. The number of rotatable bonds is 5. The summed E-state index contributed by atoms with van der Waals surface area (Å²) in [6.45, 7) is 11.6. The smallest absolute Gasteiger partial charge is 0.407 e. The predicted octanol–water partition coefficient (Wildman–Crippen LogP) is 6.63. The summed E-state index contributed by atoms with van der Waals surface area (Å²) in [4.78, 5) is 15.4. The van der Waals surface area contributed by atoms with Crippen LogP contribution in [0.2, 0.25) is 5.02 Å². The van der Waals surface area contributed by atoms with Crippen molar-refractivity contribution in [1.82, 2.24) is 10.2 Å². The SMILES string of the molecule is CC(C)Oc1ccc(-c2ccc3c(c2)CCC(C)(C)[C@H]3NC(=O)O[C@@H]2CN3CCC2CC3)c(Cl)c1. The Kier molecular flexibility index (Phi) is 6.75. The molecule has 6 rings (SSSR count). The molecule has 3 saturated heterocycles. The van der Waals surface area contributed by atoms with Crippen molar-refractivity contribution in [3.63, 3.8) is 0 Å². The zero-order valence-electron chi connectivity index (χ0n) is 21.3. The summed E-state index contributed by atoms with van der Waals surface area (Å²) in [5.74, 6) is 1.28. The topological polar surface area (TPSA) is 50.8 Å². The van der Waals surface area contributed by atoms with Gasteiger partial charge in [-0.05, 0) is 98.8 Å². The summed E-state index contributed by atoms with van der Waals surface area (Å²) >= 11 is 6.64. The summed E-state index contributed by atoms with van der Waals surface area (Å²) in [5.41, 5.74) is 4.44. The number of alkyl carbamates (subject to hydrolysis) is 1. The Balaban J connectivity index is 1.34. The van der Waals surface area contributed by atoms with E-state index >= 15 is 0 Å². The van der Waals surface area contributed by atoms with E-state index in [-0.39, 0.29) is 29.8 Å². The fraction of sp³-hybridized carbons (Fsp3) is 0.552. The highest BCUT2D eigenvalue weighted by Crippen LogP contribution is 2.45. The summed E-state index contributed by atoms with van der Waals surface area (Å²) in [5, 5.41) is 3.92. The van der Waals surface area contributed by atoms with E-state index in [0.717, 1.165) is 62.2 Å². The first-order chi connectivity index (χ1) is 16.7. The average molecular weight is 497 g/mol. The largest absolute Gasteiger partial charge is 0.491 e. The van der Waals surface area contributed by atoms with Crippen LogP contribution in [0.5, 0.6) is 5.75 Å². The fourth-order valence-corrected chi connectivity index (χ4v) is 6.26. The van der Waals surface area contributed by atoms with Gasteiger partial charge in [-0.15, -0.1) is 0 Å². The molecule has 1 amide bonds. The van der Waals surface area contributed by atoms with Crippen molar-refractivity contribution in [3.8, 4) is 16.9 Å². The second-order valence-electron chi connectivity index (χ2n) is 11.4. The van der Waals surface area contributed by atoms with Gasteiger partial charge in [-0.2, -0.15) is 0 Å². The number of carbonyl (C=O) groups is 1. The molecule has 2 aromatic rings. The summed E-state index contributed by atoms with van der Waals surface area (Å²) in [6, 6.07) is 12.3. The maximum absolute atomic E-state index is 13.0. The molecule has 4 aliphatic rings. The molecule has 0 aromatic heterocycles. The van der Waals surface area contributed by atoms with E-state index < -0.39 is 0 Å². The molecule has 2 atom stereocenters. The Bertz CT molecular complexity index is 1090. The monoisotopic (exact) mass is 496 g/mol. The van der Waals surface area contributed by atoms with Gasteiger partial charge < -0.3 is 14.8 Å². The van der Waals surface area contributed by atoms with Crippen LogP contribution in [0, 0.1) is 11.3 Å². The van der Waals surface area contributed by atoms with E-state index in [1.54, 1.807) is 0 Å². The number of amides is 1. The lowest BCUT2D eigenvalue weighted by atomic mass is 9.70. The number of aryl methyl sites for hydroxylation is 1. The van der Waals surface area contributed by atoms with E-state index in [0.29, 0.717) is 10.9 Å². The zero-order chi connectivity index (χ0) is 24.7. The Morgan fingerprint density at radius 3 is 2.57 bits per heavy atom. The molecule has 0 unspecified atom stereocenters. The first kappa shape index (κ1) is 24.5. The average Bonchev–Trinajstić information content (AvgIpc) is 2.81. The van der Waals surface area contributed by atoms with E-state index in [1.165, 1.54) is 11.1 Å². The molecular formula is C29H37ClN2O3. The van der Waals surface area contributed by atoms with Gasteiger partial charge in [-0.1, -0.05) is 43.6 Å². The quantitative estimate of drug-likeness (QED) is 0.504. The minimum atomic E-state index is -0.289. The molecule has 6 heteroatoms. The van der Waals surface area contributed by atoms with Gasteiger partial charge in [0.2, 0.25) is 0 Å². The Morgan fingerprint density at radius 2 is 1.91 bits per heavy atom. The molecule has 35 heavy (non-hydrogen) atoms. The number of ether oxygens (including phenoxy) is 2. The van der Waals surface area contributed by atoms with E-state index in [9.17, 15) is 4.79 Å². The maximum Gasteiger partial charge on any atom is 0.407 e. The number of fused-ring (bicyclic) bond motifs is 4. The number of halogens is 1. The van der Waals surface area contributed by atoms with E-state index in [2.05, 4.69) is 42.3 Å². The zero-order valence-corrected chi connectivity index (χ0v) is 22.0. The van der Waals surface area contributed by atoms with Gasteiger partial charge in [-0.25, -0.2) is 4.79 Å². The number of nitrogens with zero attached hydrogens (tertiary/aromatic N) is 1. The molecule has 1 N–H and O–H groups in total. The van der Waals surface area contributed by atoms with Crippen molar-refractivity contribution in [1.29, 1.82) is 0 Å². The van der Waals surface area contributed by atoms with Crippen LogP contribution in [0.25, 0.3) is 11.1 Å². The van der Waals surface area contributed by atoms with Crippen LogP contribution in [0.3, 0.4) is 0 Å². The molecule has 0 saturated carbocycles. The standard InChI is InChI=1S/C29H37ClN2O3/c1-18(2)34-22-6-8-23(25(30)16-22)20-5-7-24-21(15-20)9-12-29(3,4)27(24)31-28(33)35-26-17-32-13-10-19(26)11-14-32/h5-8,15-16,18-19,26-27H,9-14,17H2,1-4H3,(H,31,33)/t26-,27+/m1/s1. The lowest BCUT2D eigenvalue weighted by molar-refractivity contribution is -0.0353. The second-order valence-corrected chi connectivity index (χ2v) is 11.8. The van der Waals surface area contributed by atoms with Crippen molar-refractivity contribution in [3.05, 3.63) is 52.5 Å². The third kappa shape index (κ3) is 5.17. The van der Waals surface area contributed by atoms with Crippen LogP contribution < -0.4 is 10.1 Å². The van der Waals surface area contributed by atoms with Gasteiger partial charge in [-0.3, -0.25) is 4.90 Å². The third-order valence-corrected chi connectivity index (χ3v) is 8.33. The molecule has 3 aliphatic heterocycles. The van der Waals surface area contributed by atoms with Crippen LogP contribution in [-0.2, 0) is 11.2 Å². The number of carbonyl (C=O) groups excluding carboxylic acids is 1. The summed E-state index contributed by atoms with van der Waals surface area (Å²) in [6.07, 6.45) is 4.04. The lowest BCUT2D eigenvalue weighted by Gasteiger charge is -2.44. The Labute approximate surface area is 214 Å². The van der Waals surface area contributed by atoms with Gasteiger partial charge in [0.15, 0.2) is 0 Å². The van der Waals surface area contributed by atoms with Gasteiger partial charge in [0.1, 0.15) is 11.9 Å². The van der Waals surface area contributed by atoms with Crippen molar-refractivity contribution in [2.75, 3.05) is 19.6 Å². The molecule has 2 aromatic carbocycles. The molecule has 5 nitrogen and oxygen atoms in total. The van der Waals surface area contributed by atoms with Crippen molar-refractivity contribution in [2.24, 2.45) is 11.3 Å². The minimum Gasteiger partial charge on any atom is -0.491 e. The van der Waals surface area contributed by atoms with Crippen molar-refractivity contribution >= 4 is 17.7 Å². The lowest BCUT2D eigenvalue weighted by Crippen LogP contribution is -2.53. The highest BCUT2D eigenvalue weighted by atomic mass is 35.5.